The lowest BCUT2D eigenvalue weighted by Crippen LogP contribution is -2.40. The molecule has 0 bridgehead atoms. The van der Waals surface area contributed by atoms with E-state index in [4.69, 9.17) is 15.2 Å². The number of para-hydroxylation sites is 1. The van der Waals surface area contributed by atoms with Crippen LogP contribution in [0.25, 0.3) is 0 Å². The van der Waals surface area contributed by atoms with Gasteiger partial charge in [0, 0.05) is 12.1 Å². The Morgan fingerprint density at radius 1 is 1.42 bits per heavy atom. The fourth-order valence-corrected chi connectivity index (χ4v) is 3.35. The Hall–Kier alpha value is -1.40. The van der Waals surface area contributed by atoms with Gasteiger partial charge in [-0.3, -0.25) is 4.79 Å². The highest BCUT2D eigenvalue weighted by Crippen LogP contribution is 2.34. The van der Waals surface area contributed by atoms with Crippen molar-refractivity contribution in [3.8, 4) is 11.5 Å². The number of hydrogen-bond donors (Lipinski definition) is 2. The van der Waals surface area contributed by atoms with E-state index in [0.29, 0.717) is 18.7 Å². The van der Waals surface area contributed by atoms with Gasteiger partial charge in [0.05, 0.1) is 19.3 Å². The number of amides is 1. The highest BCUT2D eigenvalue weighted by Gasteiger charge is 2.21. The first-order valence-corrected chi connectivity index (χ1v) is 9.89. The highest BCUT2D eigenvalue weighted by molar-refractivity contribution is 7.98. The lowest BCUT2D eigenvalue weighted by Gasteiger charge is -2.20. The predicted molar refractivity (Wildman–Crippen MR) is 98.7 cm³/mol. The largest absolute Gasteiger partial charge is 0.493 e. The van der Waals surface area contributed by atoms with Crippen molar-refractivity contribution >= 4 is 17.7 Å². The van der Waals surface area contributed by atoms with Crippen molar-refractivity contribution in [2.75, 3.05) is 19.1 Å². The monoisotopic (exact) mass is 352 g/mol. The topological polar surface area (TPSA) is 73.6 Å². The number of nitrogens with two attached hydrogens (primary N) is 1. The van der Waals surface area contributed by atoms with Gasteiger partial charge in [-0.15, -0.1) is 0 Å². The molecule has 1 aromatic rings. The van der Waals surface area contributed by atoms with Crippen LogP contribution in [0.1, 0.15) is 37.7 Å². The second-order valence-electron chi connectivity index (χ2n) is 6.08. The Bertz CT molecular complexity index is 533. The molecule has 0 unspecified atom stereocenters. The van der Waals surface area contributed by atoms with Gasteiger partial charge in [0.1, 0.15) is 0 Å². The summed E-state index contributed by atoms with van der Waals surface area (Å²) in [5.74, 6) is 2.20. The summed E-state index contributed by atoms with van der Waals surface area (Å²) in [6, 6.07) is 5.29. The van der Waals surface area contributed by atoms with E-state index in [-0.39, 0.29) is 12.0 Å². The molecule has 0 heterocycles. The van der Waals surface area contributed by atoms with Gasteiger partial charge in [-0.25, -0.2) is 0 Å². The number of carbonyl (C=O) groups is 1. The van der Waals surface area contributed by atoms with Crippen molar-refractivity contribution in [3.63, 3.8) is 0 Å². The minimum Gasteiger partial charge on any atom is -0.493 e. The molecule has 1 aliphatic rings. The Morgan fingerprint density at radius 3 is 2.83 bits per heavy atom. The lowest BCUT2D eigenvalue weighted by molar-refractivity contribution is -0.122. The maximum absolute atomic E-state index is 12.1. The van der Waals surface area contributed by atoms with Gasteiger partial charge in [-0.05, 0) is 50.2 Å². The summed E-state index contributed by atoms with van der Waals surface area (Å²) in [6.07, 6.45) is 7.48. The number of methoxy groups -OCH3 is 1. The predicted octanol–water partition coefficient (Wildman–Crippen LogP) is 2.71. The van der Waals surface area contributed by atoms with E-state index in [2.05, 4.69) is 5.32 Å². The molecule has 3 N–H and O–H groups in total. The highest BCUT2D eigenvalue weighted by atomic mass is 32.2. The molecule has 0 aromatic heterocycles. The first kappa shape index (κ1) is 18.9. The Balaban J connectivity index is 2.01. The summed E-state index contributed by atoms with van der Waals surface area (Å²) < 4.78 is 11.6. The molecule has 1 atom stereocenters. The molecule has 0 saturated heterocycles. The number of rotatable bonds is 9. The molecule has 0 radical (unpaired) electrons. The van der Waals surface area contributed by atoms with E-state index in [1.54, 1.807) is 18.9 Å². The van der Waals surface area contributed by atoms with Crippen LogP contribution in [0.5, 0.6) is 11.5 Å². The Morgan fingerprint density at radius 2 is 2.17 bits per heavy atom. The maximum Gasteiger partial charge on any atom is 0.237 e. The Labute approximate surface area is 148 Å². The molecular weight excluding hydrogens is 324 g/mol. The summed E-state index contributed by atoms with van der Waals surface area (Å²) in [5.41, 5.74) is 6.84. The molecule has 5 nitrogen and oxygen atoms in total. The van der Waals surface area contributed by atoms with E-state index >= 15 is 0 Å². The number of benzene rings is 1. The third-order valence-corrected chi connectivity index (χ3v) is 4.93. The average Bonchev–Trinajstić information content (AvgIpc) is 3.11. The van der Waals surface area contributed by atoms with Crippen LogP contribution in [0.4, 0.5) is 0 Å². The minimum absolute atomic E-state index is 0.126. The van der Waals surface area contributed by atoms with Crippen LogP contribution in [0, 0.1) is 0 Å². The van der Waals surface area contributed by atoms with Crippen LogP contribution in [-0.4, -0.2) is 37.2 Å². The quantitative estimate of drug-likeness (QED) is 0.715. The summed E-state index contributed by atoms with van der Waals surface area (Å²) in [6.45, 7) is 0.394. The smallest absolute Gasteiger partial charge is 0.237 e. The van der Waals surface area contributed by atoms with E-state index in [1.165, 1.54) is 12.8 Å². The molecular formula is C18H28N2O3S. The normalized spacial score (nSPS) is 16.0. The molecule has 1 aliphatic carbocycles. The first-order valence-electron chi connectivity index (χ1n) is 8.50. The zero-order valence-electron chi connectivity index (χ0n) is 14.5. The minimum atomic E-state index is -0.470. The van der Waals surface area contributed by atoms with Crippen molar-refractivity contribution in [1.82, 2.24) is 5.32 Å². The zero-order chi connectivity index (χ0) is 17.4. The van der Waals surface area contributed by atoms with E-state index in [0.717, 1.165) is 29.9 Å². The molecule has 1 saturated carbocycles. The second kappa shape index (κ2) is 9.79. The van der Waals surface area contributed by atoms with E-state index < -0.39 is 6.04 Å². The van der Waals surface area contributed by atoms with Crippen molar-refractivity contribution in [1.29, 1.82) is 0 Å². The third-order valence-electron chi connectivity index (χ3n) is 4.29. The zero-order valence-corrected chi connectivity index (χ0v) is 15.4. The van der Waals surface area contributed by atoms with Crippen LogP contribution in [0.3, 0.4) is 0 Å². The SMILES string of the molecule is COc1cccc(CNC(=O)[C@@H](N)CCSC)c1OC1CCCC1. The van der Waals surface area contributed by atoms with Crippen LogP contribution in [0.15, 0.2) is 18.2 Å². The lowest BCUT2D eigenvalue weighted by atomic mass is 10.1. The van der Waals surface area contributed by atoms with Crippen LogP contribution < -0.4 is 20.5 Å². The molecule has 0 spiro atoms. The molecule has 24 heavy (non-hydrogen) atoms. The fourth-order valence-electron chi connectivity index (χ4n) is 2.86. The van der Waals surface area contributed by atoms with Gasteiger partial charge >= 0.3 is 0 Å². The first-order chi connectivity index (χ1) is 11.7. The van der Waals surface area contributed by atoms with Crippen LogP contribution in [-0.2, 0) is 11.3 Å². The molecule has 1 amide bonds. The number of thioether (sulfide) groups is 1. The molecule has 6 heteroatoms. The molecule has 134 valence electrons. The van der Waals surface area contributed by atoms with E-state index in [9.17, 15) is 4.79 Å². The summed E-state index contributed by atoms with van der Waals surface area (Å²) in [5, 5.41) is 2.92. The fraction of sp³-hybridized carbons (Fsp3) is 0.611. The molecule has 1 aromatic carbocycles. The third kappa shape index (κ3) is 5.31. The number of nitrogens with one attached hydrogen (secondary N) is 1. The standard InChI is InChI=1S/C18H28N2O3S/c1-22-16-9-5-6-13(17(16)23-14-7-3-4-8-14)12-20-18(21)15(19)10-11-24-2/h5-6,9,14-15H,3-4,7-8,10-12,19H2,1-2H3,(H,20,21)/t15-/m0/s1. The van der Waals surface area contributed by atoms with Crippen molar-refractivity contribution in [2.24, 2.45) is 5.73 Å². The van der Waals surface area contributed by atoms with Gasteiger partial charge in [-0.2, -0.15) is 11.8 Å². The van der Waals surface area contributed by atoms with Gasteiger partial charge in [0.25, 0.3) is 0 Å². The van der Waals surface area contributed by atoms with Crippen LogP contribution >= 0.6 is 11.8 Å². The summed E-state index contributed by atoms with van der Waals surface area (Å²) >= 11 is 1.69. The van der Waals surface area contributed by atoms with Gasteiger partial charge < -0.3 is 20.5 Å². The van der Waals surface area contributed by atoms with Crippen LogP contribution in [0.2, 0.25) is 0 Å². The number of ether oxygens (including phenoxy) is 2. The van der Waals surface area contributed by atoms with Crippen molar-refractivity contribution in [2.45, 2.75) is 50.8 Å². The molecule has 1 fully saturated rings. The number of hydrogen-bond acceptors (Lipinski definition) is 5. The molecule has 0 aliphatic heterocycles. The molecule has 2 rings (SSSR count). The van der Waals surface area contributed by atoms with Gasteiger partial charge in [0.2, 0.25) is 5.91 Å². The van der Waals surface area contributed by atoms with E-state index in [1.807, 2.05) is 24.5 Å². The average molecular weight is 353 g/mol. The van der Waals surface area contributed by atoms with Gasteiger partial charge in [0.15, 0.2) is 11.5 Å². The van der Waals surface area contributed by atoms with Crippen molar-refractivity contribution < 1.29 is 14.3 Å². The summed E-state index contributed by atoms with van der Waals surface area (Å²) in [7, 11) is 1.64. The van der Waals surface area contributed by atoms with Gasteiger partial charge in [-0.1, -0.05) is 12.1 Å². The number of carbonyl (C=O) groups excluding carboxylic acids is 1. The summed E-state index contributed by atoms with van der Waals surface area (Å²) in [4.78, 5) is 12.1. The Kier molecular flexibility index (Phi) is 7.72. The maximum atomic E-state index is 12.1. The van der Waals surface area contributed by atoms with Crippen molar-refractivity contribution in [3.05, 3.63) is 23.8 Å². The second-order valence-corrected chi connectivity index (χ2v) is 7.06.